The Bertz CT molecular complexity index is 417. The molecule has 1 atom stereocenters. The average molecular weight is 235 g/mol. The molecule has 0 saturated carbocycles. The second kappa shape index (κ2) is 4.01. The number of hydrogen-bond donors (Lipinski definition) is 3. The summed E-state index contributed by atoms with van der Waals surface area (Å²) in [5.74, 6) is -1.66. The summed E-state index contributed by atoms with van der Waals surface area (Å²) in [5.41, 5.74) is 3.55. The predicted octanol–water partition coefficient (Wildman–Crippen LogP) is 1.41. The molecule has 1 unspecified atom stereocenters. The quantitative estimate of drug-likeness (QED) is 0.676. The second-order valence-corrected chi connectivity index (χ2v) is 3.08. The molecule has 0 heterocycles. The van der Waals surface area contributed by atoms with E-state index in [2.05, 4.69) is 0 Å². The normalized spacial score (nSPS) is 13.5. The molecule has 1 aromatic carbocycles. The van der Waals surface area contributed by atoms with E-state index in [9.17, 15) is 18.0 Å². The molecule has 0 spiro atoms. The van der Waals surface area contributed by atoms with Crippen molar-refractivity contribution < 1.29 is 28.2 Å². The van der Waals surface area contributed by atoms with Crippen molar-refractivity contribution >= 4 is 11.7 Å². The summed E-state index contributed by atoms with van der Waals surface area (Å²) in [6.45, 7) is 0. The van der Waals surface area contributed by atoms with Crippen LogP contribution in [-0.4, -0.2) is 16.2 Å². The maximum Gasteiger partial charge on any atom is 0.416 e. The van der Waals surface area contributed by atoms with E-state index in [-0.39, 0.29) is 5.69 Å². The summed E-state index contributed by atoms with van der Waals surface area (Å²) in [4.78, 5) is 10.4. The second-order valence-electron chi connectivity index (χ2n) is 3.08. The summed E-state index contributed by atoms with van der Waals surface area (Å²) >= 11 is 0. The first kappa shape index (κ1) is 12.3. The summed E-state index contributed by atoms with van der Waals surface area (Å²) in [7, 11) is 0. The van der Waals surface area contributed by atoms with Crippen LogP contribution in [0.5, 0.6) is 0 Å². The third-order valence-electron chi connectivity index (χ3n) is 1.94. The Hall–Kier alpha value is -1.76. The zero-order chi connectivity index (χ0) is 12.5. The minimum Gasteiger partial charge on any atom is -0.479 e. The molecule has 4 N–H and O–H groups in total. The smallest absolute Gasteiger partial charge is 0.416 e. The summed E-state index contributed by atoms with van der Waals surface area (Å²) in [6.07, 6.45) is -6.68. The maximum atomic E-state index is 12.3. The molecule has 16 heavy (non-hydrogen) atoms. The number of carboxylic acid groups (broad SMARTS) is 1. The van der Waals surface area contributed by atoms with Crippen LogP contribution in [0.15, 0.2) is 18.2 Å². The Morgan fingerprint density at radius 1 is 1.38 bits per heavy atom. The van der Waals surface area contributed by atoms with E-state index < -0.39 is 29.4 Å². The number of nitrogen functional groups attached to an aromatic ring is 1. The zero-order valence-corrected chi connectivity index (χ0v) is 7.82. The van der Waals surface area contributed by atoms with Gasteiger partial charge < -0.3 is 15.9 Å². The van der Waals surface area contributed by atoms with Crippen LogP contribution in [0.1, 0.15) is 17.2 Å². The minimum absolute atomic E-state index is 0.206. The van der Waals surface area contributed by atoms with Gasteiger partial charge in [0.25, 0.3) is 0 Å². The van der Waals surface area contributed by atoms with Gasteiger partial charge in [-0.05, 0) is 18.2 Å². The SMILES string of the molecule is Nc1ccc(C(F)(F)F)cc1C(O)C(=O)O. The van der Waals surface area contributed by atoms with E-state index in [0.717, 1.165) is 6.07 Å². The van der Waals surface area contributed by atoms with Gasteiger partial charge in [0.15, 0.2) is 6.10 Å². The van der Waals surface area contributed by atoms with Gasteiger partial charge in [-0.3, -0.25) is 0 Å². The molecule has 0 aliphatic rings. The topological polar surface area (TPSA) is 83.5 Å². The van der Waals surface area contributed by atoms with Gasteiger partial charge in [0, 0.05) is 11.3 Å². The number of hydrogen-bond acceptors (Lipinski definition) is 3. The van der Waals surface area contributed by atoms with Crippen molar-refractivity contribution in [1.82, 2.24) is 0 Å². The zero-order valence-electron chi connectivity index (χ0n) is 7.82. The van der Waals surface area contributed by atoms with Crippen LogP contribution in [0.4, 0.5) is 18.9 Å². The van der Waals surface area contributed by atoms with Gasteiger partial charge in [0.2, 0.25) is 0 Å². The molecule has 7 heteroatoms. The van der Waals surface area contributed by atoms with Crippen molar-refractivity contribution in [3.8, 4) is 0 Å². The first-order chi connectivity index (χ1) is 7.23. The van der Waals surface area contributed by atoms with Crippen LogP contribution in [0, 0.1) is 0 Å². The number of aliphatic carboxylic acids is 1. The highest BCUT2D eigenvalue weighted by Gasteiger charge is 2.32. The molecule has 0 fully saturated rings. The molecule has 1 rings (SSSR count). The van der Waals surface area contributed by atoms with Crippen molar-refractivity contribution in [1.29, 1.82) is 0 Å². The Balaban J connectivity index is 3.24. The first-order valence-corrected chi connectivity index (χ1v) is 4.11. The van der Waals surface area contributed by atoms with Crippen LogP contribution in [0.25, 0.3) is 0 Å². The van der Waals surface area contributed by atoms with Gasteiger partial charge in [-0.1, -0.05) is 0 Å². The Labute approximate surface area is 88.1 Å². The minimum atomic E-state index is -4.61. The van der Waals surface area contributed by atoms with Crippen LogP contribution in [0.2, 0.25) is 0 Å². The van der Waals surface area contributed by atoms with Crippen molar-refractivity contribution in [3.63, 3.8) is 0 Å². The molecule has 0 aromatic heterocycles. The van der Waals surface area contributed by atoms with Crippen molar-refractivity contribution in [2.75, 3.05) is 5.73 Å². The molecular weight excluding hydrogens is 227 g/mol. The van der Waals surface area contributed by atoms with Gasteiger partial charge in [-0.2, -0.15) is 13.2 Å². The predicted molar refractivity (Wildman–Crippen MR) is 48.5 cm³/mol. The molecule has 1 aromatic rings. The molecule has 0 aliphatic carbocycles. The van der Waals surface area contributed by atoms with Crippen molar-refractivity contribution in [3.05, 3.63) is 29.3 Å². The molecule has 88 valence electrons. The van der Waals surface area contributed by atoms with Gasteiger partial charge in [0.1, 0.15) is 0 Å². The lowest BCUT2D eigenvalue weighted by Gasteiger charge is -2.13. The van der Waals surface area contributed by atoms with E-state index in [4.69, 9.17) is 15.9 Å². The first-order valence-electron chi connectivity index (χ1n) is 4.11. The van der Waals surface area contributed by atoms with Gasteiger partial charge in [0.05, 0.1) is 5.56 Å². The fraction of sp³-hybridized carbons (Fsp3) is 0.222. The maximum absolute atomic E-state index is 12.3. The van der Waals surface area contributed by atoms with Crippen LogP contribution in [0.3, 0.4) is 0 Å². The summed E-state index contributed by atoms with van der Waals surface area (Å²) in [5, 5.41) is 17.6. The summed E-state index contributed by atoms with van der Waals surface area (Å²) in [6, 6.07) is 2.14. The van der Waals surface area contributed by atoms with Crippen LogP contribution >= 0.6 is 0 Å². The van der Waals surface area contributed by atoms with E-state index in [1.165, 1.54) is 0 Å². The van der Waals surface area contributed by atoms with Gasteiger partial charge in [-0.15, -0.1) is 0 Å². The lowest BCUT2D eigenvalue weighted by Crippen LogP contribution is -2.14. The average Bonchev–Trinajstić information content (AvgIpc) is 2.15. The standard InChI is InChI=1S/C9H8F3NO3/c10-9(11,12)4-1-2-6(13)5(3-4)7(14)8(15)16/h1-3,7,14H,13H2,(H,15,16). The molecular formula is C9H8F3NO3. The number of halogens is 3. The van der Waals surface area contributed by atoms with Crippen molar-refractivity contribution in [2.24, 2.45) is 0 Å². The Kier molecular flexibility index (Phi) is 3.09. The van der Waals surface area contributed by atoms with E-state index >= 15 is 0 Å². The van der Waals surface area contributed by atoms with E-state index in [1.807, 2.05) is 0 Å². The lowest BCUT2D eigenvalue weighted by molar-refractivity contribution is -0.147. The molecule has 4 nitrogen and oxygen atoms in total. The highest BCUT2D eigenvalue weighted by molar-refractivity contribution is 5.76. The third-order valence-corrected chi connectivity index (χ3v) is 1.94. The van der Waals surface area contributed by atoms with Crippen molar-refractivity contribution in [2.45, 2.75) is 12.3 Å². The number of aliphatic hydroxyl groups is 1. The number of anilines is 1. The fourth-order valence-electron chi connectivity index (χ4n) is 1.12. The monoisotopic (exact) mass is 235 g/mol. The molecule has 0 saturated heterocycles. The number of alkyl halides is 3. The van der Waals surface area contributed by atoms with E-state index in [1.54, 1.807) is 0 Å². The number of benzene rings is 1. The third kappa shape index (κ3) is 2.43. The van der Waals surface area contributed by atoms with Crippen LogP contribution in [-0.2, 0) is 11.0 Å². The lowest BCUT2D eigenvalue weighted by atomic mass is 10.0. The Morgan fingerprint density at radius 3 is 2.38 bits per heavy atom. The Morgan fingerprint density at radius 2 is 1.94 bits per heavy atom. The number of aliphatic hydroxyl groups excluding tert-OH is 1. The number of rotatable bonds is 2. The van der Waals surface area contributed by atoms with Gasteiger partial charge >= 0.3 is 12.1 Å². The van der Waals surface area contributed by atoms with Gasteiger partial charge in [-0.25, -0.2) is 4.79 Å². The van der Waals surface area contributed by atoms with E-state index in [0.29, 0.717) is 12.1 Å². The molecule has 0 bridgehead atoms. The highest BCUT2D eigenvalue weighted by Crippen LogP contribution is 2.33. The van der Waals surface area contributed by atoms with Crippen LogP contribution < -0.4 is 5.73 Å². The fourth-order valence-corrected chi connectivity index (χ4v) is 1.12. The number of carboxylic acids is 1. The highest BCUT2D eigenvalue weighted by atomic mass is 19.4. The molecule has 0 aliphatic heterocycles. The number of carbonyl (C=O) groups is 1. The molecule has 0 amide bonds. The molecule has 0 radical (unpaired) electrons. The summed E-state index contributed by atoms with van der Waals surface area (Å²) < 4.78 is 36.9. The number of nitrogens with two attached hydrogens (primary N) is 1. The largest absolute Gasteiger partial charge is 0.479 e.